The fourth-order valence-corrected chi connectivity index (χ4v) is 4.26. The number of fused-ring (bicyclic) bond motifs is 1. The third kappa shape index (κ3) is 5.21. The standard InChI is InChI=1S/C27H26BrN3O3/c1-27(2,29)18-4-3-5-20(14-18)30-25(17-9-6-16(7-10-17)8-13-23(32)33)24-21-12-11-19(28)15-22(21)31-26(24)34/h3-7,9-12,14-15,30H,8,13,29H2,1-2H3,(H,31,34)(H,32,33)/b25-24-. The summed E-state index contributed by atoms with van der Waals surface area (Å²) in [5.74, 6) is -1.03. The lowest BCUT2D eigenvalue weighted by Crippen LogP contribution is -2.28. The second kappa shape index (κ2) is 9.44. The van der Waals surface area contributed by atoms with Crippen molar-refractivity contribution < 1.29 is 14.7 Å². The Balaban J connectivity index is 1.81. The van der Waals surface area contributed by atoms with Crippen LogP contribution in [-0.2, 0) is 21.5 Å². The summed E-state index contributed by atoms with van der Waals surface area (Å²) >= 11 is 3.46. The predicted molar refractivity (Wildman–Crippen MR) is 139 cm³/mol. The highest BCUT2D eigenvalue weighted by Gasteiger charge is 2.28. The fourth-order valence-electron chi connectivity index (χ4n) is 3.90. The lowest BCUT2D eigenvalue weighted by molar-refractivity contribution is -0.137. The summed E-state index contributed by atoms with van der Waals surface area (Å²) in [5, 5.41) is 15.4. The minimum Gasteiger partial charge on any atom is -0.481 e. The number of benzene rings is 3. The van der Waals surface area contributed by atoms with Gasteiger partial charge in [0, 0.05) is 27.7 Å². The number of aryl methyl sites for hydroxylation is 1. The van der Waals surface area contributed by atoms with Crippen molar-refractivity contribution in [2.45, 2.75) is 32.2 Å². The van der Waals surface area contributed by atoms with Gasteiger partial charge in [0.2, 0.25) is 0 Å². The molecule has 34 heavy (non-hydrogen) atoms. The van der Waals surface area contributed by atoms with Gasteiger partial charge >= 0.3 is 5.97 Å². The lowest BCUT2D eigenvalue weighted by Gasteiger charge is -2.21. The number of nitrogens with one attached hydrogen (secondary N) is 2. The number of halogens is 1. The van der Waals surface area contributed by atoms with Crippen LogP contribution in [0.2, 0.25) is 0 Å². The van der Waals surface area contributed by atoms with E-state index in [9.17, 15) is 9.59 Å². The fraction of sp³-hybridized carbons (Fsp3) is 0.185. The van der Waals surface area contributed by atoms with Crippen molar-refractivity contribution in [3.63, 3.8) is 0 Å². The van der Waals surface area contributed by atoms with E-state index in [0.717, 1.165) is 38.1 Å². The van der Waals surface area contributed by atoms with Crippen LogP contribution in [0.3, 0.4) is 0 Å². The van der Waals surface area contributed by atoms with Crippen molar-refractivity contribution in [2.75, 3.05) is 10.6 Å². The SMILES string of the molecule is CC(C)(N)c1cccc(N/C(=C2\C(=O)Nc3cc(Br)ccc32)c2ccc(CCC(=O)O)cc2)c1. The molecule has 1 heterocycles. The number of carbonyl (C=O) groups excluding carboxylic acids is 1. The number of amides is 1. The second-order valence-electron chi connectivity index (χ2n) is 8.91. The zero-order valence-electron chi connectivity index (χ0n) is 19.0. The molecule has 6 nitrogen and oxygen atoms in total. The molecule has 0 aromatic heterocycles. The molecule has 3 aromatic rings. The summed E-state index contributed by atoms with van der Waals surface area (Å²) in [6, 6.07) is 21.1. The molecule has 1 aliphatic heterocycles. The average Bonchev–Trinajstić information content (AvgIpc) is 3.10. The number of anilines is 2. The topological polar surface area (TPSA) is 104 Å². The molecule has 5 N–H and O–H groups in total. The molecule has 4 rings (SSSR count). The minimum absolute atomic E-state index is 0.0673. The molecule has 0 bridgehead atoms. The maximum atomic E-state index is 13.1. The van der Waals surface area contributed by atoms with Crippen LogP contribution in [0.15, 0.2) is 71.2 Å². The summed E-state index contributed by atoms with van der Waals surface area (Å²) < 4.78 is 0.878. The highest BCUT2D eigenvalue weighted by atomic mass is 79.9. The predicted octanol–water partition coefficient (Wildman–Crippen LogP) is 5.59. The zero-order valence-corrected chi connectivity index (χ0v) is 20.6. The van der Waals surface area contributed by atoms with Crippen molar-refractivity contribution in [3.8, 4) is 0 Å². The maximum absolute atomic E-state index is 13.1. The second-order valence-corrected chi connectivity index (χ2v) is 9.83. The molecule has 174 valence electrons. The van der Waals surface area contributed by atoms with Crippen molar-refractivity contribution in [3.05, 3.63) is 93.5 Å². The first kappa shape index (κ1) is 23.7. The van der Waals surface area contributed by atoms with Crippen LogP contribution in [0.25, 0.3) is 11.3 Å². The van der Waals surface area contributed by atoms with E-state index in [0.29, 0.717) is 17.7 Å². The summed E-state index contributed by atoms with van der Waals surface area (Å²) in [4.78, 5) is 24.0. The van der Waals surface area contributed by atoms with Gasteiger partial charge in [0.15, 0.2) is 0 Å². The molecule has 0 atom stereocenters. The molecule has 7 heteroatoms. The number of carboxylic acids is 1. The van der Waals surface area contributed by atoms with E-state index >= 15 is 0 Å². The van der Waals surface area contributed by atoms with Crippen LogP contribution < -0.4 is 16.4 Å². The first-order valence-corrected chi connectivity index (χ1v) is 11.7. The molecule has 1 aliphatic rings. The van der Waals surface area contributed by atoms with E-state index < -0.39 is 11.5 Å². The Labute approximate surface area is 207 Å². The molecule has 3 aromatic carbocycles. The zero-order chi connectivity index (χ0) is 24.5. The monoisotopic (exact) mass is 519 g/mol. The number of nitrogens with two attached hydrogens (primary N) is 1. The number of aliphatic carboxylic acids is 1. The molecule has 0 spiro atoms. The van der Waals surface area contributed by atoms with Gasteiger partial charge in [0.25, 0.3) is 5.91 Å². The van der Waals surface area contributed by atoms with Gasteiger partial charge in [-0.25, -0.2) is 0 Å². The van der Waals surface area contributed by atoms with Gasteiger partial charge in [-0.15, -0.1) is 0 Å². The Morgan fingerprint density at radius 1 is 1.09 bits per heavy atom. The Bertz CT molecular complexity index is 1290. The van der Waals surface area contributed by atoms with Gasteiger partial charge in [0.1, 0.15) is 0 Å². The molecule has 0 aliphatic carbocycles. The number of carbonyl (C=O) groups is 2. The minimum atomic E-state index is -0.832. The maximum Gasteiger partial charge on any atom is 0.303 e. The molecule has 0 fully saturated rings. The van der Waals surface area contributed by atoms with Gasteiger partial charge in [-0.2, -0.15) is 0 Å². The van der Waals surface area contributed by atoms with Crippen LogP contribution in [0, 0.1) is 0 Å². The summed E-state index contributed by atoms with van der Waals surface area (Å²) in [6.45, 7) is 3.89. The first-order chi connectivity index (χ1) is 16.1. The van der Waals surface area contributed by atoms with Crippen LogP contribution in [0.4, 0.5) is 11.4 Å². The molecule has 0 radical (unpaired) electrons. The Hall–Kier alpha value is -3.42. The van der Waals surface area contributed by atoms with Gasteiger partial charge in [-0.3, -0.25) is 9.59 Å². The van der Waals surface area contributed by atoms with Gasteiger partial charge < -0.3 is 21.5 Å². The molecule has 1 amide bonds. The van der Waals surface area contributed by atoms with Crippen LogP contribution in [0.1, 0.15) is 42.5 Å². The van der Waals surface area contributed by atoms with Crippen LogP contribution in [-0.4, -0.2) is 17.0 Å². The summed E-state index contributed by atoms with van der Waals surface area (Å²) in [5.41, 5.74) is 12.1. The molecule has 0 unspecified atom stereocenters. The van der Waals surface area contributed by atoms with Crippen molar-refractivity contribution >= 4 is 50.5 Å². The largest absolute Gasteiger partial charge is 0.481 e. The van der Waals surface area contributed by atoms with Gasteiger partial charge in [0.05, 0.1) is 17.0 Å². The number of hydrogen-bond acceptors (Lipinski definition) is 4. The highest BCUT2D eigenvalue weighted by molar-refractivity contribution is 9.10. The molecular formula is C27H26BrN3O3. The Morgan fingerprint density at radius 3 is 2.50 bits per heavy atom. The van der Waals surface area contributed by atoms with Gasteiger partial charge in [-0.1, -0.05) is 58.4 Å². The number of hydrogen-bond donors (Lipinski definition) is 4. The number of carboxylic acid groups (broad SMARTS) is 1. The third-order valence-electron chi connectivity index (χ3n) is 5.72. The quantitative estimate of drug-likeness (QED) is 0.304. The van der Waals surface area contributed by atoms with E-state index in [4.69, 9.17) is 10.8 Å². The van der Waals surface area contributed by atoms with Crippen LogP contribution in [0.5, 0.6) is 0 Å². The Kier molecular flexibility index (Phi) is 6.59. The van der Waals surface area contributed by atoms with Crippen molar-refractivity contribution in [1.29, 1.82) is 0 Å². The van der Waals surface area contributed by atoms with Crippen molar-refractivity contribution in [1.82, 2.24) is 0 Å². The van der Waals surface area contributed by atoms with Crippen molar-refractivity contribution in [2.24, 2.45) is 5.73 Å². The van der Waals surface area contributed by atoms with E-state index in [1.54, 1.807) is 0 Å². The summed E-state index contributed by atoms with van der Waals surface area (Å²) in [7, 11) is 0. The lowest BCUT2D eigenvalue weighted by atomic mass is 9.95. The van der Waals surface area contributed by atoms with Gasteiger partial charge in [-0.05, 0) is 61.2 Å². The van der Waals surface area contributed by atoms with E-state index in [-0.39, 0.29) is 12.3 Å². The van der Waals surface area contributed by atoms with Crippen LogP contribution >= 0.6 is 15.9 Å². The average molecular weight is 520 g/mol. The number of rotatable bonds is 7. The highest BCUT2D eigenvalue weighted by Crippen LogP contribution is 2.39. The van der Waals surface area contributed by atoms with E-state index in [1.165, 1.54) is 0 Å². The smallest absolute Gasteiger partial charge is 0.303 e. The first-order valence-electron chi connectivity index (χ1n) is 10.9. The summed E-state index contributed by atoms with van der Waals surface area (Å²) in [6.07, 6.45) is 0.512. The normalized spacial score (nSPS) is 14.4. The van der Waals surface area contributed by atoms with E-state index in [2.05, 4.69) is 26.6 Å². The third-order valence-corrected chi connectivity index (χ3v) is 6.22. The molecular weight excluding hydrogens is 494 g/mol. The van der Waals surface area contributed by atoms with E-state index in [1.807, 2.05) is 80.6 Å². The molecule has 0 saturated heterocycles. The molecule has 0 saturated carbocycles. The Morgan fingerprint density at radius 2 is 1.82 bits per heavy atom.